The largest absolute Gasteiger partial charge is 0.468 e. The Morgan fingerprint density at radius 1 is 1.10 bits per heavy atom. The highest BCUT2D eigenvalue weighted by Gasteiger charge is 2.17. The fourth-order valence-corrected chi connectivity index (χ4v) is 3.55. The van der Waals surface area contributed by atoms with Gasteiger partial charge < -0.3 is 4.42 Å². The van der Waals surface area contributed by atoms with Crippen LogP contribution in [0, 0.1) is 6.92 Å². The van der Waals surface area contributed by atoms with Crippen LogP contribution in [0.3, 0.4) is 0 Å². The van der Waals surface area contributed by atoms with Crippen LogP contribution in [0.15, 0.2) is 71.3 Å². The molecule has 4 aromatic rings. The number of alkyl halides is 1. The van der Waals surface area contributed by atoms with Crippen molar-refractivity contribution in [1.82, 2.24) is 25.5 Å². The van der Waals surface area contributed by atoms with Gasteiger partial charge in [-0.05, 0) is 57.8 Å². The topological polar surface area (TPSA) is 68.8 Å². The summed E-state index contributed by atoms with van der Waals surface area (Å²) in [6, 6.07) is 20.2. The van der Waals surface area contributed by atoms with Crippen molar-refractivity contribution in [3.05, 3.63) is 89.6 Å². The van der Waals surface area contributed by atoms with Crippen molar-refractivity contribution >= 4 is 23.9 Å². The number of nitrogens with one attached hydrogen (secondary N) is 1. The van der Waals surface area contributed by atoms with Crippen LogP contribution in [0.2, 0.25) is 0 Å². The average molecular weight is 420 g/mol. The van der Waals surface area contributed by atoms with E-state index in [1.165, 1.54) is 16.7 Å². The molecule has 2 aromatic heterocycles. The van der Waals surface area contributed by atoms with Crippen molar-refractivity contribution in [2.24, 2.45) is 0 Å². The molecule has 2 heterocycles. The summed E-state index contributed by atoms with van der Waals surface area (Å²) in [6.45, 7) is 2.66. The Bertz CT molecular complexity index is 1110. The maximum atomic E-state index is 6.18. The lowest BCUT2D eigenvalue weighted by Crippen LogP contribution is -2.25. The quantitative estimate of drug-likeness (QED) is 0.410. The van der Waals surface area contributed by atoms with Crippen molar-refractivity contribution in [3.63, 3.8) is 0 Å². The summed E-state index contributed by atoms with van der Waals surface area (Å²) in [5, 5.41) is 15.4. The normalized spacial score (nSPS) is 12.5. The Morgan fingerprint density at radius 2 is 1.97 bits per heavy atom. The molecule has 0 aliphatic carbocycles. The van der Waals surface area contributed by atoms with E-state index in [1.54, 1.807) is 10.9 Å². The summed E-state index contributed by atoms with van der Waals surface area (Å²) in [5.41, 5.74) is 4.69. The summed E-state index contributed by atoms with van der Waals surface area (Å²) in [6.07, 6.45) is 5.52. The molecule has 4 rings (SSSR count). The number of furan rings is 1. The Morgan fingerprint density at radius 3 is 2.73 bits per heavy atom. The van der Waals surface area contributed by atoms with E-state index in [-0.39, 0.29) is 6.04 Å². The SMILES string of the molecule is Cc1c(/C=C/n2nnnc2C(CCl)NCc2ccco2)cccc1-c1ccccc1. The van der Waals surface area contributed by atoms with Gasteiger partial charge in [-0.15, -0.1) is 16.7 Å². The Kier molecular flexibility index (Phi) is 6.37. The van der Waals surface area contributed by atoms with Crippen molar-refractivity contribution in [2.75, 3.05) is 5.88 Å². The van der Waals surface area contributed by atoms with Crippen molar-refractivity contribution in [2.45, 2.75) is 19.5 Å². The van der Waals surface area contributed by atoms with Crippen LogP contribution in [0.1, 0.15) is 28.8 Å². The van der Waals surface area contributed by atoms with Crippen LogP contribution >= 0.6 is 11.6 Å². The summed E-state index contributed by atoms with van der Waals surface area (Å²) >= 11 is 6.18. The summed E-state index contributed by atoms with van der Waals surface area (Å²) in [7, 11) is 0. The smallest absolute Gasteiger partial charge is 0.174 e. The highest BCUT2D eigenvalue weighted by molar-refractivity contribution is 6.18. The molecule has 1 N–H and O–H groups in total. The Labute approximate surface area is 180 Å². The van der Waals surface area contributed by atoms with Crippen LogP contribution in [0.4, 0.5) is 0 Å². The zero-order chi connectivity index (χ0) is 20.8. The van der Waals surface area contributed by atoms with E-state index < -0.39 is 0 Å². The van der Waals surface area contributed by atoms with Gasteiger partial charge in [0, 0.05) is 12.1 Å². The van der Waals surface area contributed by atoms with E-state index in [0.29, 0.717) is 18.2 Å². The van der Waals surface area contributed by atoms with Gasteiger partial charge in [-0.25, -0.2) is 4.68 Å². The predicted molar refractivity (Wildman–Crippen MR) is 119 cm³/mol. The van der Waals surface area contributed by atoms with Crippen LogP contribution in [-0.2, 0) is 6.54 Å². The lowest BCUT2D eigenvalue weighted by atomic mass is 9.96. The van der Waals surface area contributed by atoms with E-state index >= 15 is 0 Å². The zero-order valence-corrected chi connectivity index (χ0v) is 17.3. The molecule has 152 valence electrons. The molecule has 0 saturated carbocycles. The molecule has 7 heteroatoms. The zero-order valence-electron chi connectivity index (χ0n) is 16.6. The second-order valence-electron chi connectivity index (χ2n) is 6.85. The summed E-state index contributed by atoms with van der Waals surface area (Å²) in [5.74, 6) is 1.80. The number of rotatable bonds is 8. The van der Waals surface area contributed by atoms with E-state index in [9.17, 15) is 0 Å². The van der Waals surface area contributed by atoms with Gasteiger partial charge in [0.1, 0.15) is 5.76 Å². The first kappa shape index (κ1) is 20.1. The summed E-state index contributed by atoms with van der Waals surface area (Å²) in [4.78, 5) is 0. The third kappa shape index (κ3) is 4.50. The second-order valence-corrected chi connectivity index (χ2v) is 7.16. The molecular weight excluding hydrogens is 398 g/mol. The van der Waals surface area contributed by atoms with E-state index in [1.807, 2.05) is 42.6 Å². The third-order valence-electron chi connectivity index (χ3n) is 4.94. The van der Waals surface area contributed by atoms with Gasteiger partial charge in [-0.1, -0.05) is 48.5 Å². The van der Waals surface area contributed by atoms with Crippen molar-refractivity contribution in [1.29, 1.82) is 0 Å². The monoisotopic (exact) mass is 419 g/mol. The first-order valence-corrected chi connectivity index (χ1v) is 10.2. The molecule has 0 saturated heterocycles. The maximum absolute atomic E-state index is 6.18. The van der Waals surface area contributed by atoms with Crippen molar-refractivity contribution < 1.29 is 4.42 Å². The van der Waals surface area contributed by atoms with Gasteiger partial charge in [0.2, 0.25) is 0 Å². The second kappa shape index (κ2) is 9.52. The maximum Gasteiger partial charge on any atom is 0.174 e. The number of tetrazole rings is 1. The van der Waals surface area contributed by atoms with E-state index in [4.69, 9.17) is 16.0 Å². The lowest BCUT2D eigenvalue weighted by Gasteiger charge is -2.13. The fourth-order valence-electron chi connectivity index (χ4n) is 3.30. The molecule has 6 nitrogen and oxygen atoms in total. The number of aromatic nitrogens is 4. The number of halogens is 1. The van der Waals surface area contributed by atoms with Gasteiger partial charge in [0.25, 0.3) is 0 Å². The number of hydrogen-bond donors (Lipinski definition) is 1. The number of nitrogens with zero attached hydrogens (tertiary/aromatic N) is 4. The highest BCUT2D eigenvalue weighted by atomic mass is 35.5. The van der Waals surface area contributed by atoms with Gasteiger partial charge in [0.15, 0.2) is 5.82 Å². The predicted octanol–water partition coefficient (Wildman–Crippen LogP) is 4.94. The fraction of sp³-hybridized carbons (Fsp3) is 0.174. The molecule has 2 aromatic carbocycles. The number of benzene rings is 2. The minimum absolute atomic E-state index is 0.215. The van der Waals surface area contributed by atoms with Crippen molar-refractivity contribution in [3.8, 4) is 11.1 Å². The molecule has 1 atom stereocenters. The Hall–Kier alpha value is -3.22. The molecule has 0 bridgehead atoms. The molecule has 30 heavy (non-hydrogen) atoms. The molecule has 0 radical (unpaired) electrons. The van der Waals surface area contributed by atoms with Gasteiger partial charge in [0.05, 0.1) is 18.8 Å². The molecule has 0 fully saturated rings. The van der Waals surface area contributed by atoms with E-state index in [0.717, 1.165) is 11.3 Å². The van der Waals surface area contributed by atoms with Crippen LogP contribution in [-0.4, -0.2) is 26.1 Å². The number of hydrogen-bond acceptors (Lipinski definition) is 5. The molecule has 0 spiro atoms. The average Bonchev–Trinajstić information content (AvgIpc) is 3.47. The lowest BCUT2D eigenvalue weighted by molar-refractivity contribution is 0.452. The standard InChI is InChI=1S/C23H22ClN5O/c1-17-18(9-5-11-21(17)19-7-3-2-4-8-19)12-13-29-23(26-27-28-29)22(15-24)25-16-20-10-6-14-30-20/h2-14,22,25H,15-16H2,1H3/b13-12+. The van der Waals surface area contributed by atoms with Gasteiger partial charge >= 0.3 is 0 Å². The molecule has 1 unspecified atom stereocenters. The van der Waals surface area contributed by atoms with Gasteiger partial charge in [-0.3, -0.25) is 5.32 Å². The van der Waals surface area contributed by atoms with Crippen LogP contribution < -0.4 is 5.32 Å². The highest BCUT2D eigenvalue weighted by Crippen LogP contribution is 2.26. The third-order valence-corrected chi connectivity index (χ3v) is 5.25. The van der Waals surface area contributed by atoms with Crippen LogP contribution in [0.5, 0.6) is 0 Å². The molecule has 0 aliphatic rings. The molecule has 0 aliphatic heterocycles. The first-order valence-electron chi connectivity index (χ1n) is 9.69. The minimum atomic E-state index is -0.215. The minimum Gasteiger partial charge on any atom is -0.468 e. The Balaban J connectivity index is 1.55. The van der Waals surface area contributed by atoms with Crippen LogP contribution in [0.25, 0.3) is 23.4 Å². The molecular formula is C23H22ClN5O. The first-order chi connectivity index (χ1) is 14.8. The summed E-state index contributed by atoms with van der Waals surface area (Å²) < 4.78 is 7.01. The molecule has 0 amide bonds. The van der Waals surface area contributed by atoms with Gasteiger partial charge in [-0.2, -0.15) is 0 Å². The van der Waals surface area contributed by atoms with E-state index in [2.05, 4.69) is 58.1 Å².